The third kappa shape index (κ3) is 3.08. The normalized spacial score (nSPS) is 24.1. The number of benzene rings is 1. The summed E-state index contributed by atoms with van der Waals surface area (Å²) in [5.74, 6) is 0.865. The Morgan fingerprint density at radius 2 is 1.94 bits per heavy atom. The summed E-state index contributed by atoms with van der Waals surface area (Å²) in [6.07, 6.45) is 5.66. The first-order valence-corrected chi connectivity index (χ1v) is 6.83. The molecule has 1 aliphatic carbocycles. The van der Waals surface area contributed by atoms with E-state index >= 15 is 0 Å². The van der Waals surface area contributed by atoms with E-state index in [1.54, 1.807) is 0 Å². The molecule has 92 valence electrons. The molecule has 0 radical (unpaired) electrons. The van der Waals surface area contributed by atoms with E-state index < -0.39 is 0 Å². The van der Waals surface area contributed by atoms with Gasteiger partial charge in [-0.25, -0.2) is 0 Å². The Hall–Kier alpha value is -0.860. The van der Waals surface area contributed by atoms with Gasteiger partial charge in [0, 0.05) is 19.7 Å². The summed E-state index contributed by atoms with van der Waals surface area (Å²) in [7, 11) is 0. The van der Waals surface area contributed by atoms with E-state index in [4.69, 9.17) is 4.74 Å². The lowest BCUT2D eigenvalue weighted by molar-refractivity contribution is 0.110. The average Bonchev–Trinajstić information content (AvgIpc) is 3.08. The lowest BCUT2D eigenvalue weighted by Gasteiger charge is -2.10. The third-order valence-electron chi connectivity index (χ3n) is 3.75. The van der Waals surface area contributed by atoms with Crippen molar-refractivity contribution in [3.05, 3.63) is 35.4 Å². The van der Waals surface area contributed by atoms with Gasteiger partial charge in [0.25, 0.3) is 0 Å². The van der Waals surface area contributed by atoms with Gasteiger partial charge < -0.3 is 10.1 Å². The second kappa shape index (κ2) is 5.19. The summed E-state index contributed by atoms with van der Waals surface area (Å²) in [6, 6.07) is 9.10. The fourth-order valence-corrected chi connectivity index (χ4v) is 2.51. The van der Waals surface area contributed by atoms with Crippen LogP contribution in [0.2, 0.25) is 0 Å². The quantitative estimate of drug-likeness (QED) is 0.841. The zero-order valence-corrected chi connectivity index (χ0v) is 10.3. The summed E-state index contributed by atoms with van der Waals surface area (Å²) in [6.45, 7) is 2.90. The minimum absolute atomic E-state index is 0.445. The van der Waals surface area contributed by atoms with Crippen molar-refractivity contribution in [2.45, 2.75) is 44.2 Å². The molecule has 1 saturated carbocycles. The molecule has 2 nitrogen and oxygen atoms in total. The van der Waals surface area contributed by atoms with Gasteiger partial charge in [-0.05, 0) is 42.7 Å². The second-order valence-electron chi connectivity index (χ2n) is 5.28. The first kappa shape index (κ1) is 11.2. The molecular weight excluding hydrogens is 210 g/mol. The maximum absolute atomic E-state index is 5.59. The van der Waals surface area contributed by atoms with Crippen LogP contribution in [-0.4, -0.2) is 19.3 Å². The van der Waals surface area contributed by atoms with Crippen LogP contribution in [0.15, 0.2) is 24.3 Å². The number of hydrogen-bond donors (Lipinski definition) is 1. The number of hydrogen-bond acceptors (Lipinski definition) is 2. The average molecular weight is 231 g/mol. The number of nitrogens with one attached hydrogen (secondary N) is 1. The van der Waals surface area contributed by atoms with Gasteiger partial charge in [-0.2, -0.15) is 0 Å². The number of ether oxygens (including phenoxy) is 1. The standard InChI is InChI=1S/C15H21NO/c1-2-15(17-9-1)11-16-10-12-3-5-13(6-4-12)14-7-8-14/h3-6,14-16H,1-2,7-11H2. The van der Waals surface area contributed by atoms with Crippen LogP contribution in [0, 0.1) is 0 Å². The Morgan fingerprint density at radius 1 is 1.12 bits per heavy atom. The van der Waals surface area contributed by atoms with Crippen molar-refractivity contribution in [3.8, 4) is 0 Å². The van der Waals surface area contributed by atoms with Crippen molar-refractivity contribution in [1.29, 1.82) is 0 Å². The Balaban J connectivity index is 1.44. The number of rotatable bonds is 5. The largest absolute Gasteiger partial charge is 0.377 e. The van der Waals surface area contributed by atoms with E-state index in [0.717, 1.165) is 25.6 Å². The predicted octanol–water partition coefficient (Wildman–Crippen LogP) is 2.83. The molecule has 2 aliphatic rings. The Kier molecular flexibility index (Phi) is 3.44. The van der Waals surface area contributed by atoms with Crippen LogP contribution in [0.3, 0.4) is 0 Å². The Bertz CT molecular complexity index is 350. The lowest BCUT2D eigenvalue weighted by atomic mass is 10.1. The van der Waals surface area contributed by atoms with E-state index in [0.29, 0.717) is 6.10 Å². The molecule has 1 aliphatic heterocycles. The van der Waals surface area contributed by atoms with Crippen LogP contribution < -0.4 is 5.32 Å². The lowest BCUT2D eigenvalue weighted by Crippen LogP contribution is -2.25. The van der Waals surface area contributed by atoms with Crippen LogP contribution in [0.5, 0.6) is 0 Å². The molecule has 1 saturated heterocycles. The fourth-order valence-electron chi connectivity index (χ4n) is 2.51. The van der Waals surface area contributed by atoms with Gasteiger partial charge in [0.15, 0.2) is 0 Å². The van der Waals surface area contributed by atoms with Crippen molar-refractivity contribution in [2.75, 3.05) is 13.2 Å². The maximum atomic E-state index is 5.59. The molecule has 17 heavy (non-hydrogen) atoms. The van der Waals surface area contributed by atoms with E-state index in [2.05, 4.69) is 29.6 Å². The molecule has 1 aromatic rings. The summed E-state index contributed by atoms with van der Waals surface area (Å²) in [5, 5.41) is 3.48. The van der Waals surface area contributed by atoms with Gasteiger partial charge in [0.2, 0.25) is 0 Å². The molecule has 1 unspecified atom stereocenters. The summed E-state index contributed by atoms with van der Waals surface area (Å²) in [4.78, 5) is 0. The minimum atomic E-state index is 0.445. The minimum Gasteiger partial charge on any atom is -0.377 e. The van der Waals surface area contributed by atoms with Gasteiger partial charge in [0.1, 0.15) is 0 Å². The van der Waals surface area contributed by atoms with E-state index in [9.17, 15) is 0 Å². The monoisotopic (exact) mass is 231 g/mol. The molecule has 0 bridgehead atoms. The van der Waals surface area contributed by atoms with Crippen molar-refractivity contribution < 1.29 is 4.74 Å². The van der Waals surface area contributed by atoms with Crippen LogP contribution in [0.1, 0.15) is 42.7 Å². The van der Waals surface area contributed by atoms with Gasteiger partial charge >= 0.3 is 0 Å². The summed E-state index contributed by atoms with van der Waals surface area (Å²) in [5.41, 5.74) is 2.90. The zero-order chi connectivity index (χ0) is 11.5. The van der Waals surface area contributed by atoms with E-state index in [-0.39, 0.29) is 0 Å². The molecule has 0 amide bonds. The van der Waals surface area contributed by atoms with Gasteiger partial charge in [0.05, 0.1) is 6.10 Å². The highest BCUT2D eigenvalue weighted by molar-refractivity contribution is 5.27. The molecule has 1 atom stereocenters. The third-order valence-corrected chi connectivity index (χ3v) is 3.75. The molecule has 0 aromatic heterocycles. The molecule has 1 aromatic carbocycles. The highest BCUT2D eigenvalue weighted by Gasteiger charge is 2.22. The van der Waals surface area contributed by atoms with E-state index in [1.807, 2.05) is 0 Å². The van der Waals surface area contributed by atoms with Gasteiger partial charge in [-0.15, -0.1) is 0 Å². The highest BCUT2D eigenvalue weighted by Crippen LogP contribution is 2.39. The van der Waals surface area contributed by atoms with Gasteiger partial charge in [-0.3, -0.25) is 0 Å². The first-order valence-electron chi connectivity index (χ1n) is 6.83. The SMILES string of the molecule is c1cc(C2CC2)ccc1CNCC1CCCO1. The van der Waals surface area contributed by atoms with Crippen molar-refractivity contribution in [2.24, 2.45) is 0 Å². The summed E-state index contributed by atoms with van der Waals surface area (Å²) < 4.78 is 5.59. The zero-order valence-electron chi connectivity index (χ0n) is 10.3. The molecule has 2 fully saturated rings. The molecule has 3 rings (SSSR count). The maximum Gasteiger partial charge on any atom is 0.0700 e. The molecule has 0 spiro atoms. The van der Waals surface area contributed by atoms with Crippen molar-refractivity contribution >= 4 is 0 Å². The highest BCUT2D eigenvalue weighted by atomic mass is 16.5. The van der Waals surface area contributed by atoms with Crippen LogP contribution in [0.4, 0.5) is 0 Å². The van der Waals surface area contributed by atoms with Crippen LogP contribution in [0.25, 0.3) is 0 Å². The van der Waals surface area contributed by atoms with E-state index in [1.165, 1.54) is 36.8 Å². The predicted molar refractivity (Wildman–Crippen MR) is 69.1 cm³/mol. The van der Waals surface area contributed by atoms with Crippen molar-refractivity contribution in [3.63, 3.8) is 0 Å². The fraction of sp³-hybridized carbons (Fsp3) is 0.600. The van der Waals surface area contributed by atoms with Crippen LogP contribution in [-0.2, 0) is 11.3 Å². The Morgan fingerprint density at radius 3 is 2.59 bits per heavy atom. The molecule has 2 heteroatoms. The smallest absolute Gasteiger partial charge is 0.0700 e. The molecule has 1 heterocycles. The topological polar surface area (TPSA) is 21.3 Å². The Labute approximate surface area is 103 Å². The second-order valence-corrected chi connectivity index (χ2v) is 5.28. The molecule has 1 N–H and O–H groups in total. The molecular formula is C15H21NO. The first-order chi connectivity index (χ1) is 8.42. The van der Waals surface area contributed by atoms with Crippen LogP contribution >= 0.6 is 0 Å². The van der Waals surface area contributed by atoms with Crippen molar-refractivity contribution in [1.82, 2.24) is 5.32 Å². The summed E-state index contributed by atoms with van der Waals surface area (Å²) >= 11 is 0. The van der Waals surface area contributed by atoms with Gasteiger partial charge in [-0.1, -0.05) is 24.3 Å².